The molecule has 0 aromatic heterocycles. The van der Waals surface area contributed by atoms with Crippen LogP contribution in [0.25, 0.3) is 0 Å². The molecule has 0 aliphatic heterocycles. The summed E-state index contributed by atoms with van der Waals surface area (Å²) < 4.78 is 49.9. The van der Waals surface area contributed by atoms with Gasteiger partial charge in [0.1, 0.15) is 16.5 Å². The molecule has 4 nitrogen and oxygen atoms in total. The molecular formula is C8H8BrF2NO3S. The first-order valence-corrected chi connectivity index (χ1v) is 6.21. The Balaban J connectivity index is 3.45. The highest BCUT2D eigenvalue weighted by molar-refractivity contribution is 9.10. The third-order valence-corrected chi connectivity index (χ3v) is 4.46. The predicted molar refractivity (Wildman–Crippen MR) is 56.0 cm³/mol. The van der Waals surface area contributed by atoms with Crippen molar-refractivity contribution >= 4 is 26.0 Å². The number of halogens is 3. The molecule has 0 unspecified atom stereocenters. The van der Waals surface area contributed by atoms with Crippen molar-refractivity contribution < 1.29 is 22.0 Å². The van der Waals surface area contributed by atoms with Gasteiger partial charge in [0.25, 0.3) is 10.0 Å². The molecule has 0 aliphatic rings. The maximum absolute atomic E-state index is 13.4. The Morgan fingerprint density at radius 3 is 2.38 bits per heavy atom. The summed E-state index contributed by atoms with van der Waals surface area (Å²) >= 11 is 2.79. The fourth-order valence-electron chi connectivity index (χ4n) is 1.00. The molecule has 0 spiro atoms. The minimum Gasteiger partial charge on any atom is -0.288 e. The molecule has 0 heterocycles. The lowest BCUT2D eigenvalue weighted by Gasteiger charge is -2.15. The van der Waals surface area contributed by atoms with Crippen LogP contribution in [0.15, 0.2) is 21.5 Å². The van der Waals surface area contributed by atoms with Crippen LogP contribution in [-0.2, 0) is 14.9 Å². The molecule has 0 atom stereocenters. The van der Waals surface area contributed by atoms with E-state index >= 15 is 0 Å². The molecule has 0 amide bonds. The van der Waals surface area contributed by atoms with E-state index in [2.05, 4.69) is 20.8 Å². The summed E-state index contributed by atoms with van der Waals surface area (Å²) in [6, 6.07) is 1.35. The van der Waals surface area contributed by atoms with Crippen LogP contribution in [0.2, 0.25) is 0 Å². The van der Waals surface area contributed by atoms with Gasteiger partial charge in [-0.05, 0) is 22.0 Å². The quantitative estimate of drug-likeness (QED) is 0.800. The molecular weight excluding hydrogens is 308 g/mol. The van der Waals surface area contributed by atoms with Crippen LogP contribution in [0, 0.1) is 11.6 Å². The zero-order valence-electron chi connectivity index (χ0n) is 8.37. The summed E-state index contributed by atoms with van der Waals surface area (Å²) in [6.45, 7) is 0. The molecule has 0 radical (unpaired) electrons. The van der Waals surface area contributed by atoms with Crippen molar-refractivity contribution in [2.45, 2.75) is 4.90 Å². The maximum Gasteiger partial charge on any atom is 0.268 e. The van der Waals surface area contributed by atoms with Crippen molar-refractivity contribution in [2.75, 3.05) is 14.2 Å². The van der Waals surface area contributed by atoms with Crippen molar-refractivity contribution in [3.63, 3.8) is 0 Å². The fraction of sp³-hybridized carbons (Fsp3) is 0.250. The fourth-order valence-corrected chi connectivity index (χ4v) is 3.09. The van der Waals surface area contributed by atoms with Gasteiger partial charge in [-0.25, -0.2) is 17.2 Å². The van der Waals surface area contributed by atoms with Crippen molar-refractivity contribution in [1.29, 1.82) is 0 Å². The van der Waals surface area contributed by atoms with Gasteiger partial charge in [0.05, 0.1) is 7.11 Å². The third-order valence-electron chi connectivity index (χ3n) is 1.82. The zero-order chi connectivity index (χ0) is 12.5. The van der Waals surface area contributed by atoms with Crippen LogP contribution >= 0.6 is 15.9 Å². The van der Waals surface area contributed by atoms with E-state index in [0.29, 0.717) is 10.5 Å². The molecule has 1 rings (SSSR count). The van der Waals surface area contributed by atoms with Crippen LogP contribution in [-0.4, -0.2) is 27.0 Å². The Morgan fingerprint density at radius 2 is 1.94 bits per heavy atom. The van der Waals surface area contributed by atoms with E-state index < -0.39 is 26.6 Å². The van der Waals surface area contributed by atoms with Crippen LogP contribution in [0.5, 0.6) is 0 Å². The highest BCUT2D eigenvalue weighted by atomic mass is 79.9. The molecule has 1 aromatic carbocycles. The molecule has 0 N–H and O–H groups in total. The van der Waals surface area contributed by atoms with Crippen LogP contribution in [0.3, 0.4) is 0 Å². The number of hydrogen-bond donors (Lipinski definition) is 0. The van der Waals surface area contributed by atoms with Gasteiger partial charge in [-0.15, -0.1) is 0 Å². The molecule has 0 aliphatic carbocycles. The Kier molecular flexibility index (Phi) is 4.00. The summed E-state index contributed by atoms with van der Waals surface area (Å²) in [7, 11) is -1.92. The highest BCUT2D eigenvalue weighted by Crippen LogP contribution is 2.28. The van der Waals surface area contributed by atoms with Gasteiger partial charge >= 0.3 is 0 Å². The van der Waals surface area contributed by atoms with Gasteiger partial charge in [0.15, 0.2) is 0 Å². The third kappa shape index (κ3) is 2.40. The number of rotatable bonds is 3. The summed E-state index contributed by atoms with van der Waals surface area (Å²) in [5, 5.41) is 0. The van der Waals surface area contributed by atoms with E-state index in [4.69, 9.17) is 0 Å². The largest absolute Gasteiger partial charge is 0.288 e. The summed E-state index contributed by atoms with van der Waals surface area (Å²) in [6.07, 6.45) is 0. The molecule has 0 saturated carbocycles. The van der Waals surface area contributed by atoms with E-state index in [9.17, 15) is 17.2 Å². The standard InChI is InChI=1S/C8H8BrF2NO3S/c1-12(15-2)16(13,14)8-6(9)3-5(10)4-7(8)11/h3-4H,1-2H3. The molecule has 0 bridgehead atoms. The van der Waals surface area contributed by atoms with Crippen LogP contribution in [0.1, 0.15) is 0 Å². The lowest BCUT2D eigenvalue weighted by molar-refractivity contribution is -0.0260. The molecule has 16 heavy (non-hydrogen) atoms. The number of nitrogens with zero attached hydrogens (tertiary/aromatic N) is 1. The average Bonchev–Trinajstić information content (AvgIpc) is 2.14. The van der Waals surface area contributed by atoms with Crippen molar-refractivity contribution in [3.05, 3.63) is 28.2 Å². The summed E-state index contributed by atoms with van der Waals surface area (Å²) in [5.41, 5.74) is 0. The first-order valence-electron chi connectivity index (χ1n) is 3.98. The number of hydroxylamine groups is 1. The van der Waals surface area contributed by atoms with Gasteiger partial charge in [-0.1, -0.05) is 4.47 Å². The minimum absolute atomic E-state index is 0.200. The molecule has 0 saturated heterocycles. The maximum atomic E-state index is 13.4. The van der Waals surface area contributed by atoms with E-state index in [0.717, 1.165) is 20.2 Å². The van der Waals surface area contributed by atoms with Gasteiger partial charge in [-0.2, -0.15) is 0 Å². The number of sulfonamides is 1. The first kappa shape index (κ1) is 13.5. The van der Waals surface area contributed by atoms with E-state index in [-0.39, 0.29) is 4.47 Å². The highest BCUT2D eigenvalue weighted by Gasteiger charge is 2.28. The molecule has 8 heteroatoms. The van der Waals surface area contributed by atoms with Gasteiger partial charge in [-0.3, -0.25) is 4.84 Å². The van der Waals surface area contributed by atoms with Crippen molar-refractivity contribution in [2.24, 2.45) is 0 Å². The van der Waals surface area contributed by atoms with Gasteiger partial charge in [0.2, 0.25) is 0 Å². The van der Waals surface area contributed by atoms with Crippen LogP contribution in [0.4, 0.5) is 8.78 Å². The molecule has 0 fully saturated rings. The molecule has 1 aromatic rings. The molecule has 90 valence electrons. The average molecular weight is 316 g/mol. The number of benzene rings is 1. The van der Waals surface area contributed by atoms with Gasteiger partial charge < -0.3 is 0 Å². The van der Waals surface area contributed by atoms with Gasteiger partial charge in [0, 0.05) is 17.6 Å². The normalized spacial score (nSPS) is 12.1. The van der Waals surface area contributed by atoms with Crippen LogP contribution < -0.4 is 0 Å². The van der Waals surface area contributed by atoms with E-state index in [1.165, 1.54) is 0 Å². The lowest BCUT2D eigenvalue weighted by Crippen LogP contribution is -2.27. The Labute approximate surface area is 99.9 Å². The minimum atomic E-state index is -4.14. The van der Waals surface area contributed by atoms with Crippen molar-refractivity contribution in [1.82, 2.24) is 4.47 Å². The van der Waals surface area contributed by atoms with E-state index in [1.807, 2.05) is 0 Å². The predicted octanol–water partition coefficient (Wildman–Crippen LogP) is 1.91. The number of hydrogen-bond acceptors (Lipinski definition) is 3. The summed E-state index contributed by atoms with van der Waals surface area (Å²) in [4.78, 5) is 3.81. The first-order chi connectivity index (χ1) is 7.30. The second-order valence-electron chi connectivity index (χ2n) is 2.80. The SMILES string of the molecule is CON(C)S(=O)(=O)c1c(F)cc(F)cc1Br. The summed E-state index contributed by atoms with van der Waals surface area (Å²) in [5.74, 6) is -2.06. The lowest BCUT2D eigenvalue weighted by atomic mass is 10.3. The van der Waals surface area contributed by atoms with E-state index in [1.54, 1.807) is 0 Å². The Bertz CT molecular complexity index is 483. The zero-order valence-corrected chi connectivity index (χ0v) is 10.8. The smallest absolute Gasteiger partial charge is 0.268 e. The second-order valence-corrected chi connectivity index (χ2v) is 5.52. The monoisotopic (exact) mass is 315 g/mol. The topological polar surface area (TPSA) is 46.6 Å². The Morgan fingerprint density at radius 1 is 1.38 bits per heavy atom. The van der Waals surface area contributed by atoms with Crippen molar-refractivity contribution in [3.8, 4) is 0 Å². The Hall–Kier alpha value is -0.570. The second kappa shape index (κ2) is 4.74.